The molecule has 8 saturated carbocycles. The van der Waals surface area contributed by atoms with Gasteiger partial charge in [-0.3, -0.25) is 38.4 Å². The van der Waals surface area contributed by atoms with E-state index in [-0.39, 0.29) is 112 Å². The molecule has 0 spiro atoms. The third-order valence-electron chi connectivity index (χ3n) is 22.3. The van der Waals surface area contributed by atoms with Gasteiger partial charge in [0.1, 0.15) is 93.0 Å². The maximum absolute atomic E-state index is 12.4. The highest BCUT2D eigenvalue weighted by Crippen LogP contribution is 2.44. The molecule has 16 atom stereocenters. The standard InChI is InChI=1S/8C12H14ClNO2/c8*13-9-5-2-1-4-8(9)12(14)7-3-6-10(15)11(12)16/h8*1-2,4-5,10,15H,3,6-7,14H2/i3D2,6D2,10D;6D2,10D;3D2,10D;3D2,6D2;10D;7D2;6D2;3D2. The van der Waals surface area contributed by atoms with E-state index in [1.54, 1.807) is 146 Å². The van der Waals surface area contributed by atoms with Gasteiger partial charge in [-0.05, 0) is 247 Å². The second-order valence-corrected chi connectivity index (χ2v) is 34.1. The van der Waals surface area contributed by atoms with Gasteiger partial charge in [0.25, 0.3) is 0 Å². The minimum atomic E-state index is -3.32. The summed E-state index contributed by atoms with van der Waals surface area (Å²) in [4.78, 5) is 97.6. The van der Waals surface area contributed by atoms with Crippen LogP contribution in [0.5, 0.6) is 0 Å². The van der Waals surface area contributed by atoms with E-state index >= 15 is 0 Å². The van der Waals surface area contributed by atoms with Gasteiger partial charge in [0.05, 0.1) is 5.48 Å². The van der Waals surface area contributed by atoms with Crippen LogP contribution in [0.4, 0.5) is 0 Å². The van der Waals surface area contributed by atoms with Crippen molar-refractivity contribution in [3.8, 4) is 0 Å². The molecule has 16 unspecified atom stereocenters. The van der Waals surface area contributed by atoms with Crippen LogP contribution in [0.25, 0.3) is 0 Å². The van der Waals surface area contributed by atoms with E-state index in [2.05, 4.69) is 0 Å². The molecule has 0 amide bonds. The van der Waals surface area contributed by atoms with Gasteiger partial charge in [0, 0.05) is 64.9 Å². The van der Waals surface area contributed by atoms with Crippen LogP contribution >= 0.6 is 92.8 Å². The van der Waals surface area contributed by atoms with Gasteiger partial charge in [-0.15, -0.1) is 0 Å². The number of carbonyl (C=O) groups excluding carboxylic acids is 8. The van der Waals surface area contributed by atoms with Crippen LogP contribution < -0.4 is 45.9 Å². The van der Waals surface area contributed by atoms with Crippen LogP contribution in [0.2, 0.25) is 40.2 Å². The average Bonchev–Trinajstić information content (AvgIpc) is 0.642. The monoisotopic (exact) mass is 1930 g/mol. The van der Waals surface area contributed by atoms with Crippen molar-refractivity contribution in [1.82, 2.24) is 0 Å². The lowest BCUT2D eigenvalue weighted by Gasteiger charge is -2.35. The SMILES string of the molecule is [2H]C1(O)CCCC(N)(c2ccccc2Cl)C1=O.[2H]C1([2H])CC(N)(c2ccccc2Cl)C(=O)C(O)C1([2H])[2H].[2H]C1([2H])CC(N)(c2ccccc2Cl)C(=O)C([2H])(O)C1([2H])[2H].[2H]C1([2H])CC(O)C(=O)C(N)(c2ccccc2Cl)C1.[2H]C1([2H])CC([2H])(O)C(=O)C(N)(c2ccccc2Cl)C1.[2H]C1([2H])CCC(N)(c2ccccc2Cl)C(=O)C1([2H])O.[2H]C1([2H])CCC(N)(c2ccccc2Cl)C(=O)C1O.[2H]C1([2H])CCC(O)C(=O)C1(N)c1ccccc1Cl. The average molecular weight is 1940 g/mol. The third kappa shape index (κ3) is 23.5. The summed E-state index contributed by atoms with van der Waals surface area (Å²) in [6.45, 7) is 0. The lowest BCUT2D eigenvalue weighted by atomic mass is 9.75. The van der Waals surface area contributed by atoms with Gasteiger partial charge in [-0.2, -0.15) is 0 Å². The molecule has 8 aliphatic carbocycles. The molecule has 0 bridgehead atoms. The molecule has 0 saturated heterocycles. The number of aliphatic hydroxyl groups is 8. The Balaban J connectivity index is 0.000000190. The van der Waals surface area contributed by atoms with Crippen LogP contribution in [-0.4, -0.2) is 136 Å². The first-order chi connectivity index (χ1) is 68.4. The normalized spacial score (nSPS) is 38.8. The highest BCUT2D eigenvalue weighted by atomic mass is 35.5. The summed E-state index contributed by atoms with van der Waals surface area (Å²) in [6.07, 6.45) is -39.7. The molecule has 688 valence electrons. The molecule has 8 aliphatic rings. The van der Waals surface area contributed by atoms with Crippen molar-refractivity contribution < 1.29 is 109 Å². The van der Waals surface area contributed by atoms with E-state index in [9.17, 15) is 79.2 Å². The maximum atomic E-state index is 12.4. The van der Waals surface area contributed by atoms with E-state index in [1.165, 1.54) is 48.5 Å². The fraction of sp³-hybridized carbons (Fsp3) is 0.417. The molecular weight excluding hydrogens is 1800 g/mol. The zero-order chi connectivity index (χ0) is 114. The quantitative estimate of drug-likeness (QED) is 0.0672. The minimum absolute atomic E-state index is 0.0102. The zero-order valence-corrected chi connectivity index (χ0v) is 74.4. The number of benzene rings is 8. The lowest BCUT2D eigenvalue weighted by Crippen LogP contribution is -2.52. The summed E-state index contributed by atoms with van der Waals surface area (Å²) >= 11 is 48.1. The van der Waals surface area contributed by atoms with Gasteiger partial charge in [-0.25, -0.2) is 0 Å². The molecule has 8 fully saturated rings. The fourth-order valence-electron chi connectivity index (χ4n) is 15.0. The van der Waals surface area contributed by atoms with E-state index in [0.29, 0.717) is 50.2 Å². The molecule has 0 radical (unpaired) electrons. The number of nitrogens with two attached hydrogens (primary N) is 8. The van der Waals surface area contributed by atoms with Crippen molar-refractivity contribution in [2.75, 3.05) is 0 Å². The Hall–Kier alpha value is -7.20. The number of aliphatic hydroxyl groups excluding tert-OH is 4. The molecule has 16 rings (SSSR count). The van der Waals surface area contributed by atoms with Crippen molar-refractivity contribution in [1.29, 1.82) is 0 Å². The molecule has 8 aromatic rings. The number of rotatable bonds is 8. The first kappa shape index (κ1) is 76.2. The minimum Gasteiger partial charge on any atom is -0.385 e. The molecule has 0 aromatic heterocycles. The summed E-state index contributed by atoms with van der Waals surface area (Å²) in [6, 6.07) is 51.4. The Morgan fingerprint density at radius 2 is 0.461 bits per heavy atom. The number of halogens is 8. The predicted octanol–water partition coefficient (Wildman–Crippen LogP) is 12.9. The summed E-state index contributed by atoms with van der Waals surface area (Å²) in [7, 11) is 0. The highest BCUT2D eigenvalue weighted by Gasteiger charge is 2.51. The molecule has 0 aliphatic heterocycles. The smallest absolute Gasteiger partial charge is 0.185 e. The van der Waals surface area contributed by atoms with Crippen molar-refractivity contribution in [3.05, 3.63) is 279 Å². The second kappa shape index (κ2) is 45.5. The van der Waals surface area contributed by atoms with E-state index in [1.807, 2.05) is 0 Å². The van der Waals surface area contributed by atoms with Crippen molar-refractivity contribution in [2.45, 2.75) is 247 Å². The summed E-state index contributed by atoms with van der Waals surface area (Å²) in [5, 5.41) is 80.3. The highest BCUT2D eigenvalue weighted by molar-refractivity contribution is 6.34. The van der Waals surface area contributed by atoms with Gasteiger partial charge in [0.15, 0.2) is 46.3 Å². The van der Waals surface area contributed by atoms with Crippen LogP contribution in [0.1, 0.15) is 228 Å². The molecule has 24 N–H and O–H groups in total. The number of ketones is 8. The summed E-state index contributed by atoms with van der Waals surface area (Å²) < 4.78 is 169. The number of carbonyl (C=O) groups is 8. The Bertz CT molecular complexity index is 6440. The second-order valence-electron chi connectivity index (χ2n) is 30.8. The van der Waals surface area contributed by atoms with Crippen LogP contribution in [-0.2, 0) is 82.7 Å². The summed E-state index contributed by atoms with van der Waals surface area (Å²) in [5.41, 5.74) is 37.0. The molecule has 128 heavy (non-hydrogen) atoms. The largest absolute Gasteiger partial charge is 0.385 e. The third-order valence-corrected chi connectivity index (χ3v) is 24.9. The van der Waals surface area contributed by atoms with Crippen molar-refractivity contribution >= 4 is 139 Å². The van der Waals surface area contributed by atoms with Gasteiger partial charge >= 0.3 is 0 Å². The first-order valence-electron chi connectivity index (χ1n) is 50.7. The first-order valence-corrected chi connectivity index (χ1v) is 42.7. The van der Waals surface area contributed by atoms with Gasteiger partial charge in [0.2, 0.25) is 0 Å². The van der Waals surface area contributed by atoms with Gasteiger partial charge < -0.3 is 86.7 Å². The molecule has 24 nitrogen and oxygen atoms in total. The van der Waals surface area contributed by atoms with E-state index in [0.717, 1.165) is 0 Å². The van der Waals surface area contributed by atoms with Gasteiger partial charge in [-0.1, -0.05) is 238 Å². The Labute approximate surface area is 815 Å². The van der Waals surface area contributed by atoms with Crippen LogP contribution in [0.15, 0.2) is 194 Å². The van der Waals surface area contributed by atoms with Crippen molar-refractivity contribution in [2.24, 2.45) is 45.9 Å². The fourth-order valence-corrected chi connectivity index (χ4v) is 17.4. The number of Topliss-reactive ketones (excluding diaryl/α,β-unsaturated/α-hetero) is 8. The molecule has 0 heterocycles. The molecular formula is C96H112Cl8N8O16. The Kier molecular flexibility index (Phi) is 27.1. The number of hydrogen-bond donors (Lipinski definition) is 16. The summed E-state index contributed by atoms with van der Waals surface area (Å²) in [5.74, 6) is -6.96. The van der Waals surface area contributed by atoms with E-state index < -0.39 is 216 Å². The molecule has 32 heteroatoms. The zero-order valence-electron chi connectivity index (χ0n) is 90.4. The maximum Gasteiger partial charge on any atom is 0.185 e. The molecule has 8 aromatic carbocycles. The van der Waals surface area contributed by atoms with Crippen molar-refractivity contribution in [3.63, 3.8) is 0 Å². The predicted molar refractivity (Wildman–Crippen MR) is 497 cm³/mol. The van der Waals surface area contributed by atoms with Crippen LogP contribution in [0.3, 0.4) is 0 Å². The number of hydrogen-bond acceptors (Lipinski definition) is 24. The Morgan fingerprint density at radius 1 is 0.234 bits per heavy atom. The topological polar surface area (TPSA) is 507 Å². The van der Waals surface area contributed by atoms with E-state index in [4.69, 9.17) is 169 Å². The lowest BCUT2D eigenvalue weighted by molar-refractivity contribution is -0.136. The van der Waals surface area contributed by atoms with Crippen LogP contribution in [0, 0.1) is 0 Å². The Morgan fingerprint density at radius 3 is 0.812 bits per heavy atom.